The first kappa shape index (κ1) is 20.9. The molecule has 0 bridgehead atoms. The second-order valence-electron chi connectivity index (χ2n) is 7.59. The van der Waals surface area contributed by atoms with Crippen LogP contribution in [0.2, 0.25) is 5.02 Å². The van der Waals surface area contributed by atoms with Crippen LogP contribution in [0.15, 0.2) is 71.1 Å². The van der Waals surface area contributed by atoms with Gasteiger partial charge in [0.2, 0.25) is 0 Å². The third-order valence-corrected chi connectivity index (χ3v) is 4.92. The van der Waals surface area contributed by atoms with Gasteiger partial charge in [-0.3, -0.25) is 4.79 Å². The van der Waals surface area contributed by atoms with Crippen molar-refractivity contribution in [3.63, 3.8) is 0 Å². The van der Waals surface area contributed by atoms with Gasteiger partial charge in [0.05, 0.1) is 6.10 Å². The molecule has 3 aromatic carbocycles. The maximum Gasteiger partial charge on any atom is 0.251 e. The summed E-state index contributed by atoms with van der Waals surface area (Å²) >= 11 is 6.05. The molecule has 4 rings (SSSR count). The number of halogens is 1. The molecule has 0 fully saturated rings. The number of hydrogen-bond donors (Lipinski definition) is 1. The Balaban J connectivity index is 1.41. The molecule has 0 aliphatic rings. The van der Waals surface area contributed by atoms with Crippen LogP contribution in [0.4, 0.5) is 0 Å². The normalized spacial score (nSPS) is 11.1. The number of hydrogen-bond acceptors (Lipinski definition) is 4. The van der Waals surface area contributed by atoms with Crippen LogP contribution in [0, 0.1) is 0 Å². The maximum atomic E-state index is 12.6. The molecule has 0 aliphatic heterocycles. The third-order valence-electron chi connectivity index (χ3n) is 4.69. The Morgan fingerprint density at radius 3 is 2.61 bits per heavy atom. The van der Waals surface area contributed by atoms with E-state index in [0.29, 0.717) is 40.5 Å². The molecule has 4 aromatic rings. The number of aromatic nitrogens is 1. The number of rotatable bonds is 7. The zero-order valence-electron chi connectivity index (χ0n) is 17.4. The molecule has 0 unspecified atom stereocenters. The SMILES string of the molecule is CC(C)Oc1ccc(CNC(=O)c2ccc3nc(Cc4cccc(Cl)c4)oc3c2)cc1. The highest BCUT2D eigenvalue weighted by atomic mass is 35.5. The molecule has 0 spiro atoms. The number of nitrogens with zero attached hydrogens (tertiary/aromatic N) is 1. The molecular weight excluding hydrogens is 412 g/mol. The molecular formula is C25H23ClN2O3. The molecule has 158 valence electrons. The van der Waals surface area contributed by atoms with Gasteiger partial charge in [0, 0.05) is 23.6 Å². The largest absolute Gasteiger partial charge is 0.491 e. The van der Waals surface area contributed by atoms with Gasteiger partial charge >= 0.3 is 0 Å². The lowest BCUT2D eigenvalue weighted by atomic mass is 10.1. The lowest BCUT2D eigenvalue weighted by Crippen LogP contribution is -2.22. The third kappa shape index (κ3) is 5.44. The second kappa shape index (κ2) is 9.23. The van der Waals surface area contributed by atoms with E-state index in [9.17, 15) is 4.79 Å². The lowest BCUT2D eigenvalue weighted by Gasteiger charge is -2.10. The Labute approximate surface area is 186 Å². The molecule has 0 aliphatic carbocycles. The average Bonchev–Trinajstić information content (AvgIpc) is 3.14. The fourth-order valence-electron chi connectivity index (χ4n) is 3.25. The van der Waals surface area contributed by atoms with E-state index in [0.717, 1.165) is 16.9 Å². The van der Waals surface area contributed by atoms with Gasteiger partial charge in [-0.2, -0.15) is 0 Å². The van der Waals surface area contributed by atoms with E-state index in [4.69, 9.17) is 20.8 Å². The fourth-order valence-corrected chi connectivity index (χ4v) is 3.47. The van der Waals surface area contributed by atoms with Gasteiger partial charge in [-0.05, 0) is 67.4 Å². The summed E-state index contributed by atoms with van der Waals surface area (Å²) in [5.41, 5.74) is 3.84. The Morgan fingerprint density at radius 2 is 1.87 bits per heavy atom. The van der Waals surface area contributed by atoms with Gasteiger partial charge in [0.25, 0.3) is 5.91 Å². The van der Waals surface area contributed by atoms with Crippen molar-refractivity contribution in [2.24, 2.45) is 0 Å². The van der Waals surface area contributed by atoms with E-state index >= 15 is 0 Å². The van der Waals surface area contributed by atoms with E-state index < -0.39 is 0 Å². The topological polar surface area (TPSA) is 64.4 Å². The van der Waals surface area contributed by atoms with Gasteiger partial charge < -0.3 is 14.5 Å². The number of oxazole rings is 1. The van der Waals surface area contributed by atoms with Crippen LogP contribution in [0.5, 0.6) is 5.75 Å². The summed E-state index contributed by atoms with van der Waals surface area (Å²) in [7, 11) is 0. The van der Waals surface area contributed by atoms with Crippen molar-refractivity contribution in [2.45, 2.75) is 32.9 Å². The minimum absolute atomic E-state index is 0.127. The van der Waals surface area contributed by atoms with Crippen LogP contribution in [0.25, 0.3) is 11.1 Å². The van der Waals surface area contributed by atoms with Crippen molar-refractivity contribution >= 4 is 28.6 Å². The number of fused-ring (bicyclic) bond motifs is 1. The van der Waals surface area contributed by atoms with E-state index in [-0.39, 0.29) is 12.0 Å². The Hall–Kier alpha value is -3.31. The van der Waals surface area contributed by atoms with Crippen molar-refractivity contribution in [3.8, 4) is 5.75 Å². The van der Waals surface area contributed by atoms with Crippen LogP contribution in [0.1, 0.15) is 41.2 Å². The smallest absolute Gasteiger partial charge is 0.251 e. The maximum absolute atomic E-state index is 12.6. The quantitative estimate of drug-likeness (QED) is 0.400. The highest BCUT2D eigenvalue weighted by molar-refractivity contribution is 6.30. The molecule has 1 amide bonds. The van der Waals surface area contributed by atoms with E-state index in [1.54, 1.807) is 18.2 Å². The van der Waals surface area contributed by atoms with Crippen LogP contribution in [-0.2, 0) is 13.0 Å². The van der Waals surface area contributed by atoms with E-state index in [1.165, 1.54) is 0 Å². The Kier molecular flexibility index (Phi) is 6.23. The second-order valence-corrected chi connectivity index (χ2v) is 8.03. The Bertz CT molecular complexity index is 1200. The van der Waals surface area contributed by atoms with Crippen molar-refractivity contribution < 1.29 is 13.9 Å². The predicted molar refractivity (Wildman–Crippen MR) is 122 cm³/mol. The molecule has 0 atom stereocenters. The van der Waals surface area contributed by atoms with Crippen molar-refractivity contribution in [1.29, 1.82) is 0 Å². The molecule has 1 N–H and O–H groups in total. The number of carbonyl (C=O) groups is 1. The summed E-state index contributed by atoms with van der Waals surface area (Å²) in [6.07, 6.45) is 0.662. The summed E-state index contributed by atoms with van der Waals surface area (Å²) in [5.74, 6) is 1.23. The predicted octanol–water partition coefficient (Wildman–Crippen LogP) is 5.79. The number of nitrogens with one attached hydrogen (secondary N) is 1. The summed E-state index contributed by atoms with van der Waals surface area (Å²) in [6.45, 7) is 4.40. The molecule has 31 heavy (non-hydrogen) atoms. The van der Waals surface area contributed by atoms with Crippen LogP contribution >= 0.6 is 11.6 Å². The lowest BCUT2D eigenvalue weighted by molar-refractivity contribution is 0.0951. The van der Waals surface area contributed by atoms with Crippen molar-refractivity contribution in [1.82, 2.24) is 10.3 Å². The highest BCUT2D eigenvalue weighted by Crippen LogP contribution is 2.21. The first-order valence-electron chi connectivity index (χ1n) is 10.1. The minimum Gasteiger partial charge on any atom is -0.491 e. The number of ether oxygens (including phenoxy) is 1. The Morgan fingerprint density at radius 1 is 1.06 bits per heavy atom. The molecule has 0 saturated carbocycles. The molecule has 0 saturated heterocycles. The highest BCUT2D eigenvalue weighted by Gasteiger charge is 2.12. The first-order valence-corrected chi connectivity index (χ1v) is 10.5. The number of benzene rings is 3. The first-order chi connectivity index (χ1) is 15.0. The molecule has 0 radical (unpaired) electrons. The molecule has 1 aromatic heterocycles. The summed E-state index contributed by atoms with van der Waals surface area (Å²) in [6, 6.07) is 20.6. The van der Waals surface area contributed by atoms with Crippen LogP contribution in [-0.4, -0.2) is 17.0 Å². The zero-order valence-corrected chi connectivity index (χ0v) is 18.1. The van der Waals surface area contributed by atoms with E-state index in [2.05, 4.69) is 10.3 Å². The van der Waals surface area contributed by atoms with Gasteiger partial charge in [-0.25, -0.2) is 4.98 Å². The molecule has 1 heterocycles. The van der Waals surface area contributed by atoms with Crippen LogP contribution < -0.4 is 10.1 Å². The minimum atomic E-state index is -0.169. The van der Waals surface area contributed by atoms with Crippen molar-refractivity contribution in [3.05, 3.63) is 94.3 Å². The zero-order chi connectivity index (χ0) is 21.8. The summed E-state index contributed by atoms with van der Waals surface area (Å²) < 4.78 is 11.5. The standard InChI is InChI=1S/C25H23ClN2O3/c1-16(2)30-21-9-6-17(7-10-21)15-27-25(29)19-8-11-22-23(14-19)31-24(28-22)13-18-4-3-5-20(26)12-18/h3-12,14,16H,13,15H2,1-2H3,(H,27,29). The molecule has 6 heteroatoms. The summed E-state index contributed by atoms with van der Waals surface area (Å²) in [5, 5.41) is 3.61. The van der Waals surface area contributed by atoms with Crippen LogP contribution in [0.3, 0.4) is 0 Å². The van der Waals surface area contributed by atoms with Gasteiger partial charge in [0.1, 0.15) is 11.3 Å². The monoisotopic (exact) mass is 434 g/mol. The number of carbonyl (C=O) groups excluding carboxylic acids is 1. The molecule has 5 nitrogen and oxygen atoms in total. The number of amides is 1. The fraction of sp³-hybridized carbons (Fsp3) is 0.200. The van der Waals surface area contributed by atoms with Gasteiger partial charge in [0.15, 0.2) is 11.5 Å². The van der Waals surface area contributed by atoms with Gasteiger partial charge in [-0.15, -0.1) is 0 Å². The van der Waals surface area contributed by atoms with Gasteiger partial charge in [-0.1, -0.05) is 35.9 Å². The van der Waals surface area contributed by atoms with Crippen molar-refractivity contribution in [2.75, 3.05) is 0 Å². The summed E-state index contributed by atoms with van der Waals surface area (Å²) in [4.78, 5) is 17.1. The average molecular weight is 435 g/mol. The van der Waals surface area contributed by atoms with E-state index in [1.807, 2.05) is 62.4 Å².